The highest BCUT2D eigenvalue weighted by Gasteiger charge is 2.52. The van der Waals surface area contributed by atoms with Crippen molar-refractivity contribution in [2.45, 2.75) is 24.6 Å². The smallest absolute Gasteiger partial charge is 0.296 e. The fraction of sp³-hybridized carbons (Fsp3) is 0.400. The van der Waals surface area contributed by atoms with Gasteiger partial charge in [0.1, 0.15) is 0 Å². The molecule has 0 aromatic heterocycles. The van der Waals surface area contributed by atoms with Crippen LogP contribution < -0.4 is 11.1 Å². The summed E-state index contributed by atoms with van der Waals surface area (Å²) in [7, 11) is 0. The minimum absolute atomic E-state index is 0.00465. The number of benzene rings is 1. The molecular formula is C15H16N2O2. The van der Waals surface area contributed by atoms with E-state index in [2.05, 4.69) is 17.2 Å². The zero-order chi connectivity index (χ0) is 13.2. The summed E-state index contributed by atoms with van der Waals surface area (Å²) in [4.78, 5) is 11.8. The van der Waals surface area contributed by atoms with Crippen molar-refractivity contribution in [1.82, 2.24) is 5.32 Å². The number of carbonyl (C=O) groups is 1. The third kappa shape index (κ3) is 2.35. The first-order valence-electron chi connectivity index (χ1n) is 6.50. The molecule has 98 valence electrons. The molecule has 1 aromatic rings. The minimum atomic E-state index is -0.293. The molecule has 0 bridgehead atoms. The fourth-order valence-corrected chi connectivity index (χ4v) is 2.77. The van der Waals surface area contributed by atoms with Gasteiger partial charge in [0.15, 0.2) is 0 Å². The molecule has 1 amide bonds. The van der Waals surface area contributed by atoms with E-state index in [9.17, 15) is 4.79 Å². The number of nitrogens with two attached hydrogens (primary N) is 1. The molecule has 3 rings (SSSR count). The summed E-state index contributed by atoms with van der Waals surface area (Å²) in [5, 5.41) is 2.85. The molecule has 3 N–H and O–H groups in total. The molecule has 4 atom stereocenters. The average molecular weight is 256 g/mol. The Hall–Kier alpha value is -1.83. The Morgan fingerprint density at radius 3 is 2.95 bits per heavy atom. The third-order valence-electron chi connectivity index (χ3n) is 3.84. The Kier molecular flexibility index (Phi) is 3.24. The zero-order valence-corrected chi connectivity index (χ0v) is 10.5. The van der Waals surface area contributed by atoms with Crippen molar-refractivity contribution in [2.24, 2.45) is 11.7 Å². The second-order valence-electron chi connectivity index (χ2n) is 4.98. The van der Waals surface area contributed by atoms with Crippen molar-refractivity contribution in [2.75, 3.05) is 6.61 Å². The monoisotopic (exact) mass is 256 g/mol. The van der Waals surface area contributed by atoms with Gasteiger partial charge in [-0.25, -0.2) is 0 Å². The first-order chi connectivity index (χ1) is 9.25. The maximum atomic E-state index is 11.8. The molecule has 2 aliphatic rings. The Morgan fingerprint density at radius 2 is 2.16 bits per heavy atom. The number of ether oxygens (including phenoxy) is 1. The molecular weight excluding hydrogens is 240 g/mol. The highest BCUT2D eigenvalue weighted by molar-refractivity contribution is 5.94. The summed E-state index contributed by atoms with van der Waals surface area (Å²) < 4.78 is 5.56. The molecule has 1 saturated carbocycles. The van der Waals surface area contributed by atoms with Gasteiger partial charge in [-0.2, -0.15) is 0 Å². The van der Waals surface area contributed by atoms with Crippen LogP contribution in [0, 0.1) is 17.8 Å². The van der Waals surface area contributed by atoms with E-state index in [0.29, 0.717) is 5.92 Å². The Morgan fingerprint density at radius 1 is 1.37 bits per heavy atom. The molecule has 4 nitrogen and oxygen atoms in total. The molecule has 4 heteroatoms. The Labute approximate surface area is 112 Å². The lowest BCUT2D eigenvalue weighted by atomic mass is 9.72. The number of hydrogen-bond donors (Lipinski definition) is 2. The maximum Gasteiger partial charge on any atom is 0.296 e. The minimum Gasteiger partial charge on any atom is -0.376 e. The Balaban J connectivity index is 1.59. The van der Waals surface area contributed by atoms with Gasteiger partial charge in [0.25, 0.3) is 5.91 Å². The van der Waals surface area contributed by atoms with Crippen molar-refractivity contribution in [3.05, 3.63) is 35.9 Å². The van der Waals surface area contributed by atoms with Crippen molar-refractivity contribution in [1.29, 1.82) is 0 Å². The largest absolute Gasteiger partial charge is 0.376 e. The van der Waals surface area contributed by atoms with E-state index in [4.69, 9.17) is 10.5 Å². The molecule has 1 saturated heterocycles. The summed E-state index contributed by atoms with van der Waals surface area (Å²) in [6.07, 6.45) is 1.07. The van der Waals surface area contributed by atoms with Gasteiger partial charge in [-0.05, 0) is 18.6 Å². The van der Waals surface area contributed by atoms with Crippen LogP contribution >= 0.6 is 0 Å². The van der Waals surface area contributed by atoms with Crippen molar-refractivity contribution in [3.63, 3.8) is 0 Å². The zero-order valence-electron chi connectivity index (χ0n) is 10.5. The molecule has 1 aliphatic carbocycles. The van der Waals surface area contributed by atoms with E-state index in [0.717, 1.165) is 18.6 Å². The van der Waals surface area contributed by atoms with Gasteiger partial charge in [-0.15, -0.1) is 0 Å². The molecule has 4 unspecified atom stereocenters. The lowest BCUT2D eigenvalue weighted by Crippen LogP contribution is -2.68. The normalized spacial score (nSPS) is 31.6. The maximum absolute atomic E-state index is 11.8. The highest BCUT2D eigenvalue weighted by Crippen LogP contribution is 2.37. The standard InChI is InChI=1S/C15H16N2O2/c16-13-11-8-9-19-15(11)14(13)17-12(18)7-6-10-4-2-1-3-5-10/h1-5,11,13-15H,8-9,16H2,(H,17,18). The van der Waals surface area contributed by atoms with E-state index in [1.54, 1.807) is 0 Å². The predicted molar refractivity (Wildman–Crippen MR) is 71.1 cm³/mol. The van der Waals surface area contributed by atoms with E-state index < -0.39 is 0 Å². The predicted octanol–water partition coefficient (Wildman–Crippen LogP) is 0.269. The van der Waals surface area contributed by atoms with E-state index in [-0.39, 0.29) is 24.1 Å². The third-order valence-corrected chi connectivity index (χ3v) is 3.84. The van der Waals surface area contributed by atoms with Crippen LogP contribution in [0.4, 0.5) is 0 Å². The van der Waals surface area contributed by atoms with Crippen LogP contribution in [-0.4, -0.2) is 30.7 Å². The summed E-state index contributed by atoms with van der Waals surface area (Å²) in [6.45, 7) is 0.741. The quantitative estimate of drug-likeness (QED) is 0.709. The van der Waals surface area contributed by atoms with Gasteiger partial charge in [-0.3, -0.25) is 4.79 Å². The fourth-order valence-electron chi connectivity index (χ4n) is 2.77. The summed E-state index contributed by atoms with van der Waals surface area (Å²) >= 11 is 0. The highest BCUT2D eigenvalue weighted by atomic mass is 16.5. The van der Waals surface area contributed by atoms with Crippen molar-refractivity contribution in [3.8, 4) is 11.8 Å². The Bertz CT molecular complexity index is 532. The van der Waals surface area contributed by atoms with E-state index in [1.165, 1.54) is 0 Å². The molecule has 19 heavy (non-hydrogen) atoms. The second kappa shape index (κ2) is 5.04. The molecule has 2 fully saturated rings. The number of fused-ring (bicyclic) bond motifs is 1. The van der Waals surface area contributed by atoms with Gasteiger partial charge in [0.2, 0.25) is 0 Å². The van der Waals surface area contributed by atoms with Crippen LogP contribution in [-0.2, 0) is 9.53 Å². The number of nitrogens with one attached hydrogen (secondary N) is 1. The van der Waals surface area contributed by atoms with Crippen molar-refractivity contribution >= 4 is 5.91 Å². The van der Waals surface area contributed by atoms with Crippen LogP contribution in [0.1, 0.15) is 12.0 Å². The average Bonchev–Trinajstić information content (AvgIpc) is 2.88. The molecule has 0 radical (unpaired) electrons. The molecule has 0 spiro atoms. The van der Waals surface area contributed by atoms with Gasteiger partial charge in [0, 0.05) is 30.1 Å². The number of carbonyl (C=O) groups excluding carboxylic acids is 1. The van der Waals surface area contributed by atoms with Crippen LogP contribution in [0.2, 0.25) is 0 Å². The van der Waals surface area contributed by atoms with Crippen LogP contribution in [0.15, 0.2) is 30.3 Å². The number of rotatable bonds is 1. The SMILES string of the molecule is NC1C2CCOC2C1NC(=O)C#Cc1ccccc1. The summed E-state index contributed by atoms with van der Waals surface area (Å²) in [6, 6.07) is 9.33. The summed E-state index contributed by atoms with van der Waals surface area (Å²) in [5.74, 6) is 5.52. The number of amides is 1. The van der Waals surface area contributed by atoms with Crippen LogP contribution in [0.3, 0.4) is 0 Å². The van der Waals surface area contributed by atoms with Crippen LogP contribution in [0.5, 0.6) is 0 Å². The van der Waals surface area contributed by atoms with E-state index in [1.807, 2.05) is 30.3 Å². The molecule has 1 heterocycles. The van der Waals surface area contributed by atoms with E-state index >= 15 is 0 Å². The molecule has 1 aliphatic heterocycles. The van der Waals surface area contributed by atoms with Gasteiger partial charge in [-0.1, -0.05) is 24.1 Å². The second-order valence-corrected chi connectivity index (χ2v) is 4.98. The van der Waals surface area contributed by atoms with Crippen molar-refractivity contribution < 1.29 is 9.53 Å². The lowest BCUT2D eigenvalue weighted by Gasteiger charge is -2.45. The van der Waals surface area contributed by atoms with Crippen LogP contribution in [0.25, 0.3) is 0 Å². The van der Waals surface area contributed by atoms with Gasteiger partial charge >= 0.3 is 0 Å². The number of hydrogen-bond acceptors (Lipinski definition) is 3. The first-order valence-corrected chi connectivity index (χ1v) is 6.50. The topological polar surface area (TPSA) is 64.3 Å². The molecule has 1 aromatic carbocycles. The van der Waals surface area contributed by atoms with Gasteiger partial charge < -0.3 is 15.8 Å². The lowest BCUT2D eigenvalue weighted by molar-refractivity contribution is -0.120. The first kappa shape index (κ1) is 12.2. The van der Waals surface area contributed by atoms with Gasteiger partial charge in [0.05, 0.1) is 12.1 Å². The summed E-state index contributed by atoms with van der Waals surface area (Å²) in [5.41, 5.74) is 6.85.